The Morgan fingerprint density at radius 2 is 2.18 bits per heavy atom. The van der Waals surface area contributed by atoms with E-state index in [1.54, 1.807) is 0 Å². The molecule has 1 aromatic rings. The van der Waals surface area contributed by atoms with Crippen LogP contribution in [0.15, 0.2) is 30.3 Å². The molecule has 0 saturated carbocycles. The van der Waals surface area contributed by atoms with Crippen LogP contribution in [0.4, 0.5) is 0 Å². The lowest BCUT2D eigenvalue weighted by molar-refractivity contribution is -0.0277. The number of hydrogen-bond donors (Lipinski definition) is 1. The van der Waals surface area contributed by atoms with Gasteiger partial charge in [-0.2, -0.15) is 0 Å². The highest BCUT2D eigenvalue weighted by atomic mass is 16.5. The van der Waals surface area contributed by atoms with Crippen LogP contribution in [0.2, 0.25) is 0 Å². The van der Waals surface area contributed by atoms with Crippen molar-refractivity contribution in [2.75, 3.05) is 26.3 Å². The van der Waals surface area contributed by atoms with E-state index in [2.05, 4.69) is 11.8 Å². The number of nitrogens with zero attached hydrogens (tertiary/aromatic N) is 1. The molecular formula is C14H21NO2. The zero-order chi connectivity index (χ0) is 12.1. The number of aliphatic hydroxyl groups excluding tert-OH is 1. The molecule has 1 fully saturated rings. The molecule has 0 bridgehead atoms. The predicted octanol–water partition coefficient (Wildman–Crippen LogP) is 1.83. The molecule has 0 spiro atoms. The fraction of sp³-hybridized carbons (Fsp3) is 0.571. The first-order valence-electron chi connectivity index (χ1n) is 6.36. The minimum absolute atomic E-state index is 0.400. The number of β-amino-alcohol motifs (C(OH)–C–C–N with tert-alkyl or cyclic N) is 1. The third kappa shape index (κ3) is 3.28. The minimum atomic E-state index is -0.400. The molecule has 3 nitrogen and oxygen atoms in total. The molecule has 1 saturated heterocycles. The van der Waals surface area contributed by atoms with Crippen LogP contribution >= 0.6 is 0 Å². The molecule has 2 rings (SSSR count). The van der Waals surface area contributed by atoms with Crippen LogP contribution in [-0.2, 0) is 4.74 Å². The quantitative estimate of drug-likeness (QED) is 0.864. The maximum Gasteiger partial charge on any atom is 0.0917 e. The second-order valence-electron chi connectivity index (χ2n) is 4.56. The average molecular weight is 235 g/mol. The van der Waals surface area contributed by atoms with Crippen molar-refractivity contribution in [3.8, 4) is 0 Å². The molecule has 1 aliphatic heterocycles. The summed E-state index contributed by atoms with van der Waals surface area (Å²) >= 11 is 0. The van der Waals surface area contributed by atoms with E-state index in [0.29, 0.717) is 12.6 Å². The first kappa shape index (κ1) is 12.6. The number of ether oxygens (including phenoxy) is 1. The van der Waals surface area contributed by atoms with Crippen LogP contribution in [0.1, 0.15) is 25.0 Å². The van der Waals surface area contributed by atoms with Crippen LogP contribution in [0, 0.1) is 0 Å². The number of aliphatic hydroxyl groups is 1. The first-order valence-corrected chi connectivity index (χ1v) is 6.36. The molecule has 1 N–H and O–H groups in total. The first-order chi connectivity index (χ1) is 8.31. The predicted molar refractivity (Wildman–Crippen MR) is 67.9 cm³/mol. The fourth-order valence-corrected chi connectivity index (χ4v) is 2.31. The molecule has 1 aliphatic rings. The highest BCUT2D eigenvalue weighted by Crippen LogP contribution is 2.18. The monoisotopic (exact) mass is 235 g/mol. The molecule has 0 aliphatic carbocycles. The number of rotatable bonds is 4. The number of hydrogen-bond acceptors (Lipinski definition) is 3. The van der Waals surface area contributed by atoms with Crippen LogP contribution in [0.3, 0.4) is 0 Å². The summed E-state index contributed by atoms with van der Waals surface area (Å²) in [4.78, 5) is 2.33. The van der Waals surface area contributed by atoms with E-state index >= 15 is 0 Å². The molecule has 0 amide bonds. The van der Waals surface area contributed by atoms with Crippen molar-refractivity contribution in [1.29, 1.82) is 0 Å². The molecule has 0 radical (unpaired) electrons. The molecule has 1 heterocycles. The zero-order valence-electron chi connectivity index (χ0n) is 10.4. The van der Waals surface area contributed by atoms with E-state index in [0.717, 1.165) is 31.7 Å². The van der Waals surface area contributed by atoms with E-state index in [-0.39, 0.29) is 0 Å². The van der Waals surface area contributed by atoms with Gasteiger partial charge in [-0.25, -0.2) is 0 Å². The van der Waals surface area contributed by atoms with Crippen molar-refractivity contribution in [1.82, 2.24) is 4.90 Å². The summed E-state index contributed by atoms with van der Waals surface area (Å²) in [6.07, 6.45) is 0.671. The van der Waals surface area contributed by atoms with Gasteiger partial charge >= 0.3 is 0 Å². The Balaban J connectivity index is 1.95. The molecule has 1 aromatic carbocycles. The Morgan fingerprint density at radius 3 is 2.88 bits per heavy atom. The van der Waals surface area contributed by atoms with Crippen molar-refractivity contribution in [3.63, 3.8) is 0 Å². The van der Waals surface area contributed by atoms with Crippen LogP contribution < -0.4 is 0 Å². The Labute approximate surface area is 103 Å². The molecule has 0 aromatic heterocycles. The summed E-state index contributed by atoms with van der Waals surface area (Å²) in [6, 6.07) is 10.3. The van der Waals surface area contributed by atoms with Gasteiger partial charge in [0.2, 0.25) is 0 Å². The third-order valence-electron chi connectivity index (χ3n) is 3.41. The van der Waals surface area contributed by atoms with Crippen LogP contribution in [0.25, 0.3) is 0 Å². The van der Waals surface area contributed by atoms with Gasteiger partial charge in [-0.15, -0.1) is 0 Å². The Hall–Kier alpha value is -0.900. The Morgan fingerprint density at radius 1 is 1.41 bits per heavy atom. The highest BCUT2D eigenvalue weighted by Gasteiger charge is 2.23. The summed E-state index contributed by atoms with van der Waals surface area (Å²) in [7, 11) is 0. The lowest BCUT2D eigenvalue weighted by Gasteiger charge is -2.36. The third-order valence-corrected chi connectivity index (χ3v) is 3.41. The maximum atomic E-state index is 10.2. The van der Waals surface area contributed by atoms with Crippen molar-refractivity contribution < 1.29 is 9.84 Å². The SMILES string of the molecule is CCC1COCCN1CC(O)c1ccccc1. The molecule has 17 heavy (non-hydrogen) atoms. The van der Waals surface area contributed by atoms with Crippen molar-refractivity contribution in [2.24, 2.45) is 0 Å². The van der Waals surface area contributed by atoms with E-state index in [4.69, 9.17) is 4.74 Å². The molecular weight excluding hydrogens is 214 g/mol. The van der Waals surface area contributed by atoms with Gasteiger partial charge in [0.25, 0.3) is 0 Å². The summed E-state index contributed by atoms with van der Waals surface area (Å²) < 4.78 is 5.47. The lowest BCUT2D eigenvalue weighted by atomic mass is 10.1. The Bertz CT molecular complexity index is 328. The van der Waals surface area contributed by atoms with Gasteiger partial charge in [0.05, 0.1) is 19.3 Å². The summed E-state index contributed by atoms with van der Waals surface area (Å²) in [5.41, 5.74) is 0.994. The summed E-state index contributed by atoms with van der Waals surface area (Å²) in [5.74, 6) is 0. The second kappa shape index (κ2) is 6.15. The van der Waals surface area contributed by atoms with Gasteiger partial charge in [-0.05, 0) is 12.0 Å². The van der Waals surface area contributed by atoms with E-state index in [1.807, 2.05) is 30.3 Å². The van der Waals surface area contributed by atoms with Gasteiger partial charge < -0.3 is 9.84 Å². The van der Waals surface area contributed by atoms with Crippen molar-refractivity contribution in [3.05, 3.63) is 35.9 Å². The van der Waals surface area contributed by atoms with E-state index in [9.17, 15) is 5.11 Å². The maximum absolute atomic E-state index is 10.2. The lowest BCUT2D eigenvalue weighted by Crippen LogP contribution is -2.46. The van der Waals surface area contributed by atoms with Gasteiger partial charge in [0.1, 0.15) is 0 Å². The summed E-state index contributed by atoms with van der Waals surface area (Å²) in [5, 5.41) is 10.2. The van der Waals surface area contributed by atoms with Gasteiger partial charge in [-0.3, -0.25) is 4.90 Å². The van der Waals surface area contributed by atoms with Gasteiger partial charge in [0.15, 0.2) is 0 Å². The largest absolute Gasteiger partial charge is 0.387 e. The number of benzene rings is 1. The second-order valence-corrected chi connectivity index (χ2v) is 4.56. The summed E-state index contributed by atoms with van der Waals surface area (Å²) in [6.45, 7) is 5.35. The zero-order valence-corrected chi connectivity index (χ0v) is 10.4. The minimum Gasteiger partial charge on any atom is -0.387 e. The average Bonchev–Trinajstić information content (AvgIpc) is 2.40. The standard InChI is InChI=1S/C14H21NO2/c1-2-13-11-17-9-8-15(13)10-14(16)12-6-4-3-5-7-12/h3-7,13-14,16H,2,8-11H2,1H3. The molecule has 2 unspecified atom stereocenters. The molecule has 3 heteroatoms. The smallest absolute Gasteiger partial charge is 0.0917 e. The number of morpholine rings is 1. The van der Waals surface area contributed by atoms with Crippen molar-refractivity contribution >= 4 is 0 Å². The fourth-order valence-electron chi connectivity index (χ4n) is 2.31. The molecule has 2 atom stereocenters. The van der Waals surface area contributed by atoms with Crippen LogP contribution in [0.5, 0.6) is 0 Å². The van der Waals surface area contributed by atoms with Crippen molar-refractivity contribution in [2.45, 2.75) is 25.5 Å². The normalized spacial score (nSPS) is 23.5. The van der Waals surface area contributed by atoms with Gasteiger partial charge in [0, 0.05) is 19.1 Å². The van der Waals surface area contributed by atoms with E-state index < -0.39 is 6.10 Å². The van der Waals surface area contributed by atoms with E-state index in [1.165, 1.54) is 0 Å². The molecule has 94 valence electrons. The Kier molecular flexibility index (Phi) is 4.54. The highest BCUT2D eigenvalue weighted by molar-refractivity contribution is 5.17. The topological polar surface area (TPSA) is 32.7 Å². The van der Waals surface area contributed by atoms with Gasteiger partial charge in [-0.1, -0.05) is 37.3 Å². The van der Waals surface area contributed by atoms with Crippen LogP contribution in [-0.4, -0.2) is 42.4 Å².